The van der Waals surface area contributed by atoms with Gasteiger partial charge in [0.25, 0.3) is 0 Å². The first kappa shape index (κ1) is 13.0. The van der Waals surface area contributed by atoms with Gasteiger partial charge in [-0.05, 0) is 12.1 Å². The fraction of sp³-hybridized carbons (Fsp3) is 0.250. The lowest BCUT2D eigenvalue weighted by Crippen LogP contribution is -2.04. The summed E-state index contributed by atoms with van der Waals surface area (Å²) in [6, 6.07) is 7.33. The largest absolute Gasteiger partial charge is 0.216 e. The third kappa shape index (κ3) is 3.52. The highest BCUT2D eigenvalue weighted by atomic mass is 35.6. The first-order valence-electron chi connectivity index (χ1n) is 3.37. The highest BCUT2D eigenvalue weighted by molar-refractivity contribution is 6.67. The first-order chi connectivity index (χ1) is 6.21. The molecule has 0 aliphatic heterocycles. The number of rotatable bonds is 0. The molecule has 1 radical (unpaired) electrons. The Labute approximate surface area is 112 Å². The summed E-state index contributed by atoms with van der Waals surface area (Å²) in [4.78, 5) is 0. The number of hydrogen-bond donors (Lipinski definition) is 0. The van der Waals surface area contributed by atoms with Crippen LogP contribution in [0.25, 0.3) is 0 Å². The van der Waals surface area contributed by atoms with Crippen LogP contribution < -0.4 is 0 Å². The van der Waals surface area contributed by atoms with E-state index in [-0.39, 0.29) is 0 Å². The summed E-state index contributed by atoms with van der Waals surface area (Å²) in [5.74, 6) is 0. The Morgan fingerprint density at radius 1 is 0.857 bits per heavy atom. The fourth-order valence-electron chi connectivity index (χ4n) is 0.777. The van der Waals surface area contributed by atoms with Gasteiger partial charge in [0, 0.05) is 11.1 Å². The van der Waals surface area contributed by atoms with Crippen LogP contribution in [0.1, 0.15) is 11.1 Å². The van der Waals surface area contributed by atoms with E-state index in [2.05, 4.69) is 6.07 Å². The summed E-state index contributed by atoms with van der Waals surface area (Å²) < 4.78 is -2.99. The van der Waals surface area contributed by atoms with Crippen LogP contribution >= 0.6 is 69.6 Å². The Hall–Kier alpha value is 0.960. The van der Waals surface area contributed by atoms with E-state index in [1.165, 1.54) is 6.07 Å². The number of halogens is 6. The van der Waals surface area contributed by atoms with Crippen LogP contribution in [0.3, 0.4) is 0 Å². The van der Waals surface area contributed by atoms with Crippen molar-refractivity contribution in [2.75, 3.05) is 0 Å². The van der Waals surface area contributed by atoms with Crippen molar-refractivity contribution in [1.29, 1.82) is 0 Å². The molecule has 0 spiro atoms. The normalized spacial score (nSPS) is 13.0. The molecule has 1 rings (SSSR count). The summed E-state index contributed by atoms with van der Waals surface area (Å²) in [6.07, 6.45) is 0. The minimum Gasteiger partial charge on any atom is -0.0784 e. The number of alkyl halides is 6. The van der Waals surface area contributed by atoms with Gasteiger partial charge in [0.2, 0.25) is 7.59 Å². The fourth-order valence-corrected chi connectivity index (χ4v) is 1.48. The lowest BCUT2D eigenvalue weighted by Gasteiger charge is -2.14. The number of hydrogen-bond acceptors (Lipinski definition) is 0. The van der Waals surface area contributed by atoms with Crippen molar-refractivity contribution in [2.24, 2.45) is 0 Å². The summed E-state index contributed by atoms with van der Waals surface area (Å²) in [6.45, 7) is 0. The van der Waals surface area contributed by atoms with E-state index in [9.17, 15) is 0 Å². The van der Waals surface area contributed by atoms with Gasteiger partial charge in [-0.1, -0.05) is 81.7 Å². The second-order valence-corrected chi connectivity index (χ2v) is 7.05. The molecule has 1 aromatic rings. The Morgan fingerprint density at radius 2 is 1.43 bits per heavy atom. The van der Waals surface area contributed by atoms with Gasteiger partial charge in [0.15, 0.2) is 0 Å². The molecule has 0 nitrogen and oxygen atoms in total. The van der Waals surface area contributed by atoms with Gasteiger partial charge < -0.3 is 0 Å². The zero-order valence-corrected chi connectivity index (χ0v) is 11.0. The van der Waals surface area contributed by atoms with E-state index < -0.39 is 7.59 Å². The van der Waals surface area contributed by atoms with E-state index in [1.54, 1.807) is 12.1 Å². The molecular weight excluding hydrogens is 309 g/mol. The average Bonchev–Trinajstić information content (AvgIpc) is 2.01. The molecule has 0 aliphatic rings. The number of benzene rings is 1. The van der Waals surface area contributed by atoms with Crippen molar-refractivity contribution < 1.29 is 0 Å². The molecule has 0 bridgehead atoms. The summed E-state index contributed by atoms with van der Waals surface area (Å²) >= 11 is 33.8. The van der Waals surface area contributed by atoms with Crippen LogP contribution in [0.15, 0.2) is 18.2 Å². The maximum Gasteiger partial charge on any atom is 0.216 e. The topological polar surface area (TPSA) is 0 Å². The zero-order valence-electron chi connectivity index (χ0n) is 6.50. The molecule has 0 heterocycles. The Balaban J connectivity index is 3.02. The smallest absolute Gasteiger partial charge is 0.0784 e. The maximum absolute atomic E-state index is 5.64. The Morgan fingerprint density at radius 3 is 1.71 bits per heavy atom. The van der Waals surface area contributed by atoms with Crippen molar-refractivity contribution in [2.45, 2.75) is 7.59 Å². The quantitative estimate of drug-likeness (QED) is 0.582. The standard InChI is InChI=1S/C8H3Cl6/c9-7(10,11)5-1-2-6(4-3-5)8(12,13)14/h1-3H. The zero-order chi connectivity index (χ0) is 11.0. The molecule has 0 aromatic heterocycles. The Bertz CT molecular complexity index is 271. The van der Waals surface area contributed by atoms with E-state index in [0.717, 1.165) is 0 Å². The average molecular weight is 312 g/mol. The highest BCUT2D eigenvalue weighted by Crippen LogP contribution is 2.41. The van der Waals surface area contributed by atoms with Crippen LogP contribution in [0, 0.1) is 6.07 Å². The molecule has 0 unspecified atom stereocenters. The third-order valence-corrected chi connectivity index (χ3v) is 2.71. The minimum absolute atomic E-state index is 0.403. The molecule has 0 saturated carbocycles. The van der Waals surface area contributed by atoms with Gasteiger partial charge in [0.1, 0.15) is 0 Å². The molecule has 0 amide bonds. The van der Waals surface area contributed by atoms with Crippen LogP contribution in [0.5, 0.6) is 0 Å². The minimum atomic E-state index is -1.51. The van der Waals surface area contributed by atoms with Crippen molar-refractivity contribution in [1.82, 2.24) is 0 Å². The molecule has 0 saturated heterocycles. The molecule has 77 valence electrons. The third-order valence-electron chi connectivity index (χ3n) is 1.45. The second-order valence-electron chi connectivity index (χ2n) is 2.49. The van der Waals surface area contributed by atoms with Gasteiger partial charge in [-0.2, -0.15) is 0 Å². The van der Waals surface area contributed by atoms with E-state index in [4.69, 9.17) is 69.6 Å². The molecule has 1 aromatic carbocycles. The highest BCUT2D eigenvalue weighted by Gasteiger charge is 2.26. The molecule has 6 heteroatoms. The van der Waals surface area contributed by atoms with Gasteiger partial charge in [0.05, 0.1) is 0 Å². The van der Waals surface area contributed by atoms with Crippen molar-refractivity contribution in [3.63, 3.8) is 0 Å². The molecular formula is C8H3Cl6. The molecule has 14 heavy (non-hydrogen) atoms. The molecule has 0 atom stereocenters. The van der Waals surface area contributed by atoms with E-state index >= 15 is 0 Å². The predicted octanol–water partition coefficient (Wildman–Crippen LogP) is 5.14. The second kappa shape index (κ2) is 4.45. The van der Waals surface area contributed by atoms with Crippen LogP contribution in [0.2, 0.25) is 0 Å². The molecule has 0 fully saturated rings. The molecule has 0 N–H and O–H groups in total. The molecule has 0 aliphatic carbocycles. The van der Waals surface area contributed by atoms with Crippen LogP contribution in [0.4, 0.5) is 0 Å². The monoisotopic (exact) mass is 309 g/mol. The maximum atomic E-state index is 5.64. The summed E-state index contributed by atoms with van der Waals surface area (Å²) in [7, 11) is 0. The van der Waals surface area contributed by atoms with Crippen molar-refractivity contribution >= 4 is 69.6 Å². The van der Waals surface area contributed by atoms with Crippen LogP contribution in [-0.4, -0.2) is 0 Å². The van der Waals surface area contributed by atoms with Crippen molar-refractivity contribution in [3.05, 3.63) is 35.4 Å². The van der Waals surface area contributed by atoms with Gasteiger partial charge in [-0.3, -0.25) is 0 Å². The van der Waals surface area contributed by atoms with E-state index in [1.807, 2.05) is 0 Å². The van der Waals surface area contributed by atoms with Crippen LogP contribution in [-0.2, 0) is 7.59 Å². The summed E-state index contributed by atoms with van der Waals surface area (Å²) in [5.41, 5.74) is 0.876. The SMILES string of the molecule is ClC(Cl)(Cl)c1[c]cc(C(Cl)(Cl)Cl)cc1. The van der Waals surface area contributed by atoms with E-state index in [0.29, 0.717) is 11.1 Å². The summed E-state index contributed by atoms with van der Waals surface area (Å²) in [5, 5.41) is 0. The predicted molar refractivity (Wildman–Crippen MR) is 63.8 cm³/mol. The van der Waals surface area contributed by atoms with Crippen molar-refractivity contribution in [3.8, 4) is 0 Å². The lowest BCUT2D eigenvalue weighted by atomic mass is 10.2. The lowest BCUT2D eigenvalue weighted by molar-refractivity contribution is 1.18. The van der Waals surface area contributed by atoms with Gasteiger partial charge in [-0.15, -0.1) is 0 Å². The van der Waals surface area contributed by atoms with Gasteiger partial charge >= 0.3 is 0 Å². The first-order valence-corrected chi connectivity index (χ1v) is 5.64. The van der Waals surface area contributed by atoms with Gasteiger partial charge in [-0.25, -0.2) is 0 Å². The Kier molecular flexibility index (Phi) is 4.14.